The molecule has 0 aromatic heterocycles. The van der Waals surface area contributed by atoms with Crippen LogP contribution in [-0.4, -0.2) is 5.11 Å². The van der Waals surface area contributed by atoms with Gasteiger partial charge in [-0.25, -0.2) is 0 Å². The SMILES string of the molecule is Oc1cccc(S)c1Oc1ccccc1. The normalized spacial score (nSPS) is 9.93. The summed E-state index contributed by atoms with van der Waals surface area (Å²) in [5.41, 5.74) is 0. The standard InChI is InChI=1S/C12H10O2S/c13-10-7-4-8-11(15)12(10)14-9-5-2-1-3-6-9/h1-8,13,15H. The molecule has 0 aliphatic heterocycles. The average Bonchev–Trinajstić information content (AvgIpc) is 2.25. The van der Waals surface area contributed by atoms with Gasteiger partial charge in [-0.2, -0.15) is 0 Å². The summed E-state index contributed by atoms with van der Waals surface area (Å²) in [7, 11) is 0. The number of rotatable bonds is 2. The van der Waals surface area contributed by atoms with Crippen molar-refractivity contribution in [1.29, 1.82) is 0 Å². The van der Waals surface area contributed by atoms with E-state index in [9.17, 15) is 5.11 Å². The van der Waals surface area contributed by atoms with E-state index in [1.54, 1.807) is 18.2 Å². The minimum absolute atomic E-state index is 0.0892. The fraction of sp³-hybridized carbons (Fsp3) is 0. The third-order valence-electron chi connectivity index (χ3n) is 1.94. The van der Waals surface area contributed by atoms with Crippen LogP contribution >= 0.6 is 12.6 Å². The topological polar surface area (TPSA) is 29.5 Å². The van der Waals surface area contributed by atoms with E-state index in [0.717, 1.165) is 0 Å². The van der Waals surface area contributed by atoms with Gasteiger partial charge in [-0.05, 0) is 24.3 Å². The number of ether oxygens (including phenoxy) is 1. The number of phenolic OH excluding ortho intramolecular Hbond substituents is 1. The molecular formula is C12H10O2S. The minimum Gasteiger partial charge on any atom is -0.504 e. The molecule has 1 N–H and O–H groups in total. The summed E-state index contributed by atoms with van der Waals surface area (Å²) in [6.07, 6.45) is 0. The lowest BCUT2D eigenvalue weighted by Crippen LogP contribution is -1.85. The smallest absolute Gasteiger partial charge is 0.182 e. The number of thiol groups is 1. The highest BCUT2D eigenvalue weighted by atomic mass is 32.1. The lowest BCUT2D eigenvalue weighted by Gasteiger charge is -2.09. The molecule has 15 heavy (non-hydrogen) atoms. The summed E-state index contributed by atoms with van der Waals surface area (Å²) in [5, 5.41) is 9.58. The molecule has 0 bridgehead atoms. The molecule has 3 heteroatoms. The van der Waals surface area contributed by atoms with Gasteiger partial charge in [0.1, 0.15) is 5.75 Å². The molecule has 0 saturated heterocycles. The van der Waals surface area contributed by atoms with Crippen LogP contribution in [0.2, 0.25) is 0 Å². The van der Waals surface area contributed by atoms with Crippen LogP contribution in [0.25, 0.3) is 0 Å². The van der Waals surface area contributed by atoms with E-state index in [1.807, 2.05) is 30.3 Å². The van der Waals surface area contributed by atoms with Gasteiger partial charge in [0.2, 0.25) is 0 Å². The van der Waals surface area contributed by atoms with Crippen molar-refractivity contribution in [2.45, 2.75) is 4.90 Å². The Labute approximate surface area is 93.6 Å². The van der Waals surface area contributed by atoms with E-state index in [1.165, 1.54) is 0 Å². The Balaban J connectivity index is 2.32. The van der Waals surface area contributed by atoms with E-state index in [-0.39, 0.29) is 5.75 Å². The van der Waals surface area contributed by atoms with Crippen LogP contribution in [0.3, 0.4) is 0 Å². The number of hydrogen-bond donors (Lipinski definition) is 2. The third-order valence-corrected chi connectivity index (χ3v) is 2.29. The summed E-state index contributed by atoms with van der Waals surface area (Å²) < 4.78 is 5.51. The Morgan fingerprint density at radius 1 is 0.933 bits per heavy atom. The second kappa shape index (κ2) is 4.28. The highest BCUT2D eigenvalue weighted by molar-refractivity contribution is 7.80. The molecule has 0 unspecified atom stereocenters. The second-order valence-electron chi connectivity index (χ2n) is 3.04. The molecule has 2 aromatic rings. The lowest BCUT2D eigenvalue weighted by molar-refractivity contribution is 0.403. The first-order valence-corrected chi connectivity index (χ1v) is 4.96. The van der Waals surface area contributed by atoms with Gasteiger partial charge in [0.05, 0.1) is 4.90 Å². The Kier molecular flexibility index (Phi) is 2.83. The molecule has 0 amide bonds. The van der Waals surface area contributed by atoms with Crippen molar-refractivity contribution in [2.24, 2.45) is 0 Å². The zero-order chi connectivity index (χ0) is 10.7. The van der Waals surface area contributed by atoms with Crippen LogP contribution < -0.4 is 4.74 Å². The summed E-state index contributed by atoms with van der Waals surface area (Å²) in [6.45, 7) is 0. The maximum Gasteiger partial charge on any atom is 0.182 e. The molecule has 0 spiro atoms. The molecule has 0 heterocycles. The first-order valence-electron chi connectivity index (χ1n) is 4.51. The van der Waals surface area contributed by atoms with Gasteiger partial charge in [-0.1, -0.05) is 24.3 Å². The molecular weight excluding hydrogens is 208 g/mol. The van der Waals surface area contributed by atoms with Gasteiger partial charge in [0.15, 0.2) is 11.5 Å². The molecule has 0 radical (unpaired) electrons. The minimum atomic E-state index is 0.0892. The summed E-state index contributed by atoms with van der Waals surface area (Å²) in [5.74, 6) is 1.15. The zero-order valence-corrected chi connectivity index (χ0v) is 8.82. The van der Waals surface area contributed by atoms with Crippen LogP contribution in [0.4, 0.5) is 0 Å². The predicted octanol–water partition coefficient (Wildman–Crippen LogP) is 3.47. The molecule has 76 valence electrons. The summed E-state index contributed by atoms with van der Waals surface area (Å²) >= 11 is 4.21. The predicted molar refractivity (Wildman–Crippen MR) is 61.9 cm³/mol. The van der Waals surface area contributed by atoms with E-state index in [2.05, 4.69) is 12.6 Å². The van der Waals surface area contributed by atoms with Crippen LogP contribution in [0.15, 0.2) is 53.4 Å². The van der Waals surface area contributed by atoms with Crippen LogP contribution in [-0.2, 0) is 0 Å². The van der Waals surface area contributed by atoms with Crippen LogP contribution in [0.5, 0.6) is 17.2 Å². The zero-order valence-electron chi connectivity index (χ0n) is 7.92. The molecule has 0 aliphatic carbocycles. The monoisotopic (exact) mass is 218 g/mol. The summed E-state index contributed by atoms with van der Waals surface area (Å²) in [4.78, 5) is 0.610. The van der Waals surface area contributed by atoms with Gasteiger partial charge in [0, 0.05) is 0 Å². The third kappa shape index (κ3) is 2.25. The van der Waals surface area contributed by atoms with Gasteiger partial charge in [-0.15, -0.1) is 12.6 Å². The Bertz CT molecular complexity index is 434. The number of hydrogen-bond acceptors (Lipinski definition) is 3. The van der Waals surface area contributed by atoms with Crippen LogP contribution in [0.1, 0.15) is 0 Å². The van der Waals surface area contributed by atoms with Crippen molar-refractivity contribution in [1.82, 2.24) is 0 Å². The van der Waals surface area contributed by atoms with Gasteiger partial charge in [0.25, 0.3) is 0 Å². The molecule has 0 aliphatic rings. The molecule has 0 fully saturated rings. The highest BCUT2D eigenvalue weighted by Crippen LogP contribution is 2.35. The largest absolute Gasteiger partial charge is 0.504 e. The average molecular weight is 218 g/mol. The van der Waals surface area contributed by atoms with Crippen molar-refractivity contribution in [2.75, 3.05) is 0 Å². The Morgan fingerprint density at radius 2 is 1.67 bits per heavy atom. The van der Waals surface area contributed by atoms with Crippen molar-refractivity contribution >= 4 is 12.6 Å². The first kappa shape index (κ1) is 9.93. The van der Waals surface area contributed by atoms with E-state index >= 15 is 0 Å². The molecule has 2 nitrogen and oxygen atoms in total. The van der Waals surface area contributed by atoms with Gasteiger partial charge < -0.3 is 9.84 Å². The van der Waals surface area contributed by atoms with Gasteiger partial charge in [-0.3, -0.25) is 0 Å². The number of phenols is 1. The van der Waals surface area contributed by atoms with Crippen LogP contribution in [0, 0.1) is 0 Å². The van der Waals surface area contributed by atoms with E-state index in [4.69, 9.17) is 4.74 Å². The fourth-order valence-electron chi connectivity index (χ4n) is 1.22. The van der Waals surface area contributed by atoms with Gasteiger partial charge >= 0.3 is 0 Å². The molecule has 0 atom stereocenters. The number of aromatic hydroxyl groups is 1. The van der Waals surface area contributed by atoms with E-state index < -0.39 is 0 Å². The fourth-order valence-corrected chi connectivity index (χ4v) is 1.47. The Morgan fingerprint density at radius 3 is 2.33 bits per heavy atom. The molecule has 0 saturated carbocycles. The lowest BCUT2D eigenvalue weighted by atomic mass is 10.3. The maximum atomic E-state index is 9.58. The van der Waals surface area contributed by atoms with Crippen molar-refractivity contribution in [3.05, 3.63) is 48.5 Å². The number of benzene rings is 2. The molecule has 2 rings (SSSR count). The van der Waals surface area contributed by atoms with Crippen molar-refractivity contribution < 1.29 is 9.84 Å². The number of para-hydroxylation sites is 2. The first-order chi connectivity index (χ1) is 7.27. The van der Waals surface area contributed by atoms with Crippen molar-refractivity contribution in [3.63, 3.8) is 0 Å². The molecule has 2 aromatic carbocycles. The quantitative estimate of drug-likeness (QED) is 0.756. The Hall–Kier alpha value is -1.61. The summed E-state index contributed by atoms with van der Waals surface area (Å²) in [6, 6.07) is 14.3. The highest BCUT2D eigenvalue weighted by Gasteiger charge is 2.06. The van der Waals surface area contributed by atoms with E-state index in [0.29, 0.717) is 16.4 Å². The second-order valence-corrected chi connectivity index (χ2v) is 3.52. The van der Waals surface area contributed by atoms with Crippen molar-refractivity contribution in [3.8, 4) is 17.2 Å². The maximum absolute atomic E-state index is 9.58.